The molecule has 1 aliphatic rings. The van der Waals surface area contributed by atoms with Crippen molar-refractivity contribution in [1.29, 1.82) is 0 Å². The molecule has 1 fully saturated rings. The number of hydrogen-bond acceptors (Lipinski definition) is 3. The normalized spacial score (nSPS) is 17.0. The Morgan fingerprint density at radius 2 is 1.20 bits per heavy atom. The van der Waals surface area contributed by atoms with Crippen molar-refractivity contribution < 1.29 is 14.3 Å². The van der Waals surface area contributed by atoms with Gasteiger partial charge in [0, 0.05) is 0 Å². The molecule has 0 aliphatic carbocycles. The van der Waals surface area contributed by atoms with Gasteiger partial charge >= 0.3 is 0 Å². The molecule has 3 heteroatoms. The summed E-state index contributed by atoms with van der Waals surface area (Å²) in [5, 5.41) is 0. The van der Waals surface area contributed by atoms with Crippen LogP contribution in [0.1, 0.15) is 13.8 Å². The Hall–Kier alpha value is -0.410. The van der Waals surface area contributed by atoms with Crippen molar-refractivity contribution in [2.45, 2.75) is 13.8 Å². The molecule has 0 unspecified atom stereocenters. The first-order valence-corrected chi connectivity index (χ1v) is 3.36. The second-order valence-electron chi connectivity index (χ2n) is 2.13. The van der Waals surface area contributed by atoms with Gasteiger partial charge in [0.15, 0.2) is 0 Å². The Balaban J connectivity index is 0.000000180. The Labute approximate surface area is 61.3 Å². The number of carbonyl (C=O) groups is 1. The molecule has 0 aromatic rings. The predicted molar refractivity (Wildman–Crippen MR) is 38.0 cm³/mol. The molecule has 0 atom stereocenters. The molecule has 0 aromatic heterocycles. The summed E-state index contributed by atoms with van der Waals surface area (Å²) < 4.78 is 9.89. The molecule has 0 spiro atoms. The Bertz CT molecular complexity index is 71.3. The summed E-state index contributed by atoms with van der Waals surface area (Å²) >= 11 is 0. The summed E-state index contributed by atoms with van der Waals surface area (Å²) in [5.41, 5.74) is 0. The molecule has 0 radical (unpaired) electrons. The maximum absolute atomic E-state index is 9.44. The van der Waals surface area contributed by atoms with Gasteiger partial charge in [-0.3, -0.25) is 0 Å². The number of hydrogen-bond donors (Lipinski definition) is 0. The standard InChI is InChI=1S/C4H8O2.C3H6O/c1-2-6-4-3-5-1;1-3(2)4/h1-4H2;1-2H3. The van der Waals surface area contributed by atoms with E-state index in [1.54, 1.807) is 0 Å². The summed E-state index contributed by atoms with van der Waals surface area (Å²) in [7, 11) is 0. The molecule has 0 aromatic carbocycles. The van der Waals surface area contributed by atoms with E-state index in [0.29, 0.717) is 0 Å². The third kappa shape index (κ3) is 10.5. The van der Waals surface area contributed by atoms with E-state index >= 15 is 0 Å². The summed E-state index contributed by atoms with van der Waals surface area (Å²) in [5.74, 6) is 0.167. The molecular formula is C7H14O3. The van der Waals surface area contributed by atoms with Crippen LogP contribution < -0.4 is 0 Å². The third-order valence-electron chi connectivity index (χ3n) is 0.744. The predicted octanol–water partition coefficient (Wildman–Crippen LogP) is 0.629. The van der Waals surface area contributed by atoms with E-state index in [1.807, 2.05) is 0 Å². The summed E-state index contributed by atoms with van der Waals surface area (Å²) in [6.07, 6.45) is 0. The van der Waals surface area contributed by atoms with Crippen molar-refractivity contribution in [3.63, 3.8) is 0 Å². The van der Waals surface area contributed by atoms with Crippen LogP contribution >= 0.6 is 0 Å². The smallest absolute Gasteiger partial charge is 0.126 e. The van der Waals surface area contributed by atoms with Gasteiger partial charge in [0.2, 0.25) is 0 Å². The fourth-order valence-electron chi connectivity index (χ4n) is 0.440. The summed E-state index contributed by atoms with van der Waals surface area (Å²) in [6, 6.07) is 0. The highest BCUT2D eigenvalue weighted by molar-refractivity contribution is 5.72. The highest BCUT2D eigenvalue weighted by atomic mass is 16.6. The lowest BCUT2D eigenvalue weighted by molar-refractivity contribution is -0.114. The van der Waals surface area contributed by atoms with Gasteiger partial charge < -0.3 is 14.3 Å². The van der Waals surface area contributed by atoms with E-state index in [2.05, 4.69) is 0 Å². The Morgan fingerprint density at radius 1 is 1.00 bits per heavy atom. The van der Waals surface area contributed by atoms with Gasteiger partial charge in [-0.15, -0.1) is 0 Å². The minimum Gasteiger partial charge on any atom is -0.377 e. The van der Waals surface area contributed by atoms with Crippen molar-refractivity contribution in [3.8, 4) is 0 Å². The van der Waals surface area contributed by atoms with Crippen molar-refractivity contribution in [3.05, 3.63) is 0 Å². The zero-order valence-electron chi connectivity index (χ0n) is 6.55. The van der Waals surface area contributed by atoms with Gasteiger partial charge in [0.1, 0.15) is 5.78 Å². The molecule has 60 valence electrons. The topological polar surface area (TPSA) is 35.5 Å². The summed E-state index contributed by atoms with van der Waals surface area (Å²) in [4.78, 5) is 9.44. The van der Waals surface area contributed by atoms with Crippen molar-refractivity contribution in [2.24, 2.45) is 0 Å². The average molecular weight is 146 g/mol. The van der Waals surface area contributed by atoms with E-state index < -0.39 is 0 Å². The average Bonchev–Trinajstić information content (AvgIpc) is 1.90. The molecular weight excluding hydrogens is 132 g/mol. The van der Waals surface area contributed by atoms with Crippen LogP contribution in [0.15, 0.2) is 0 Å². The molecule has 0 amide bonds. The fourth-order valence-corrected chi connectivity index (χ4v) is 0.440. The molecule has 1 aliphatic heterocycles. The van der Waals surface area contributed by atoms with Crippen LogP contribution in [0.3, 0.4) is 0 Å². The lowest BCUT2D eigenvalue weighted by atomic mass is 10.6. The molecule has 10 heavy (non-hydrogen) atoms. The minimum atomic E-state index is 0.167. The van der Waals surface area contributed by atoms with Gasteiger partial charge in [0.25, 0.3) is 0 Å². The molecule has 0 saturated carbocycles. The largest absolute Gasteiger partial charge is 0.377 e. The molecule has 1 heterocycles. The molecule has 0 bridgehead atoms. The number of ketones is 1. The lowest BCUT2D eigenvalue weighted by Gasteiger charge is -2.09. The molecule has 1 saturated heterocycles. The quantitative estimate of drug-likeness (QED) is 0.502. The molecule has 3 nitrogen and oxygen atoms in total. The van der Waals surface area contributed by atoms with Gasteiger partial charge in [-0.2, -0.15) is 0 Å². The van der Waals surface area contributed by atoms with E-state index in [-0.39, 0.29) is 5.78 Å². The maximum atomic E-state index is 9.44. The number of rotatable bonds is 0. The van der Waals surface area contributed by atoms with Crippen LogP contribution in [0, 0.1) is 0 Å². The van der Waals surface area contributed by atoms with Crippen molar-refractivity contribution in [1.82, 2.24) is 0 Å². The maximum Gasteiger partial charge on any atom is 0.126 e. The van der Waals surface area contributed by atoms with E-state index in [0.717, 1.165) is 26.4 Å². The Kier molecular flexibility index (Phi) is 6.43. The second-order valence-corrected chi connectivity index (χ2v) is 2.13. The molecule has 1 rings (SSSR count). The van der Waals surface area contributed by atoms with E-state index in [1.165, 1.54) is 13.8 Å². The van der Waals surface area contributed by atoms with Crippen LogP contribution in [-0.4, -0.2) is 32.2 Å². The SMILES string of the molecule is C1COCCO1.CC(C)=O. The van der Waals surface area contributed by atoms with Crippen molar-refractivity contribution >= 4 is 5.78 Å². The van der Waals surface area contributed by atoms with E-state index in [4.69, 9.17) is 9.47 Å². The van der Waals surface area contributed by atoms with Gasteiger partial charge in [-0.05, 0) is 13.8 Å². The fraction of sp³-hybridized carbons (Fsp3) is 0.857. The minimum absolute atomic E-state index is 0.167. The van der Waals surface area contributed by atoms with E-state index in [9.17, 15) is 4.79 Å². The van der Waals surface area contributed by atoms with Gasteiger partial charge in [-0.1, -0.05) is 0 Å². The van der Waals surface area contributed by atoms with Gasteiger partial charge in [0.05, 0.1) is 26.4 Å². The molecule has 0 N–H and O–H groups in total. The van der Waals surface area contributed by atoms with Crippen LogP contribution in [0.5, 0.6) is 0 Å². The number of Topliss-reactive ketones (excluding diaryl/α,β-unsaturated/α-hetero) is 1. The van der Waals surface area contributed by atoms with Crippen LogP contribution in [0.2, 0.25) is 0 Å². The highest BCUT2D eigenvalue weighted by Crippen LogP contribution is 1.85. The van der Waals surface area contributed by atoms with Crippen LogP contribution in [0.4, 0.5) is 0 Å². The van der Waals surface area contributed by atoms with Crippen LogP contribution in [0.25, 0.3) is 0 Å². The third-order valence-corrected chi connectivity index (χ3v) is 0.744. The Morgan fingerprint density at radius 3 is 1.30 bits per heavy atom. The first-order valence-electron chi connectivity index (χ1n) is 3.36. The monoisotopic (exact) mass is 146 g/mol. The second kappa shape index (κ2) is 6.71. The zero-order chi connectivity index (χ0) is 7.82. The first-order chi connectivity index (χ1) is 4.73. The summed E-state index contributed by atoms with van der Waals surface area (Å²) in [6.45, 7) is 6.17. The first kappa shape index (κ1) is 9.59. The number of carbonyl (C=O) groups excluding carboxylic acids is 1. The zero-order valence-corrected chi connectivity index (χ0v) is 6.55. The number of ether oxygens (including phenoxy) is 2. The lowest BCUT2D eigenvalue weighted by Crippen LogP contribution is -2.16. The van der Waals surface area contributed by atoms with Gasteiger partial charge in [-0.25, -0.2) is 0 Å². The highest BCUT2D eigenvalue weighted by Gasteiger charge is 1.94. The van der Waals surface area contributed by atoms with Crippen LogP contribution in [-0.2, 0) is 14.3 Å². The van der Waals surface area contributed by atoms with Crippen molar-refractivity contribution in [2.75, 3.05) is 26.4 Å².